The van der Waals surface area contributed by atoms with Gasteiger partial charge in [0.1, 0.15) is 5.75 Å². The highest BCUT2D eigenvalue weighted by Crippen LogP contribution is 2.30. The standard InChI is InChI=1S/C31H28N2O5/c1-4-37-29(34)16-15-21-9-7-12-25(17-21)32-30(35)28-20-24(18-23-10-5-6-14-27(23)28)22-11-8-13-26(19-22)38-31(36)33(2)3/h5-20H,4H2,1-3H3,(H,32,35). The highest BCUT2D eigenvalue weighted by molar-refractivity contribution is 6.14. The van der Waals surface area contributed by atoms with Crippen LogP contribution >= 0.6 is 0 Å². The fourth-order valence-corrected chi connectivity index (χ4v) is 3.87. The Morgan fingerprint density at radius 2 is 1.66 bits per heavy atom. The molecule has 4 rings (SSSR count). The number of benzene rings is 4. The number of rotatable bonds is 7. The fraction of sp³-hybridized carbons (Fsp3) is 0.129. The Labute approximate surface area is 221 Å². The van der Waals surface area contributed by atoms with Crippen LogP contribution in [0.2, 0.25) is 0 Å². The van der Waals surface area contributed by atoms with Gasteiger partial charge in [0, 0.05) is 31.4 Å². The predicted octanol–water partition coefficient (Wildman–Crippen LogP) is 6.40. The summed E-state index contributed by atoms with van der Waals surface area (Å²) in [7, 11) is 3.24. The quantitative estimate of drug-likeness (QED) is 0.231. The van der Waals surface area contributed by atoms with Gasteiger partial charge in [0.15, 0.2) is 0 Å². The molecule has 0 unspecified atom stereocenters. The lowest BCUT2D eigenvalue weighted by Crippen LogP contribution is -2.25. The molecule has 4 aromatic rings. The lowest BCUT2D eigenvalue weighted by Gasteiger charge is -2.13. The van der Waals surface area contributed by atoms with Crippen molar-refractivity contribution in [3.8, 4) is 16.9 Å². The summed E-state index contributed by atoms with van der Waals surface area (Å²) in [5.74, 6) is -0.288. The zero-order valence-electron chi connectivity index (χ0n) is 21.4. The molecule has 0 aliphatic rings. The van der Waals surface area contributed by atoms with Gasteiger partial charge in [0.25, 0.3) is 5.91 Å². The zero-order chi connectivity index (χ0) is 27.1. The van der Waals surface area contributed by atoms with Gasteiger partial charge in [-0.25, -0.2) is 9.59 Å². The molecule has 1 N–H and O–H groups in total. The smallest absolute Gasteiger partial charge is 0.414 e. The highest BCUT2D eigenvalue weighted by atomic mass is 16.6. The summed E-state index contributed by atoms with van der Waals surface area (Å²) in [5.41, 5.74) is 3.45. The summed E-state index contributed by atoms with van der Waals surface area (Å²) in [6.45, 7) is 2.05. The van der Waals surface area contributed by atoms with Crippen LogP contribution in [0, 0.1) is 0 Å². The van der Waals surface area contributed by atoms with Gasteiger partial charge in [-0.1, -0.05) is 48.5 Å². The largest absolute Gasteiger partial charge is 0.463 e. The minimum Gasteiger partial charge on any atom is -0.463 e. The molecule has 0 bridgehead atoms. The Morgan fingerprint density at radius 1 is 0.868 bits per heavy atom. The predicted molar refractivity (Wildman–Crippen MR) is 149 cm³/mol. The lowest BCUT2D eigenvalue weighted by molar-refractivity contribution is -0.137. The van der Waals surface area contributed by atoms with E-state index in [4.69, 9.17) is 9.47 Å². The van der Waals surface area contributed by atoms with Crippen LogP contribution in [0.15, 0.2) is 91.0 Å². The monoisotopic (exact) mass is 508 g/mol. The summed E-state index contributed by atoms with van der Waals surface area (Å²) in [6.07, 6.45) is 2.52. The van der Waals surface area contributed by atoms with Gasteiger partial charge in [0.2, 0.25) is 0 Å². The van der Waals surface area contributed by atoms with Crippen LogP contribution in [0.1, 0.15) is 22.8 Å². The number of carbonyl (C=O) groups excluding carboxylic acids is 3. The maximum atomic E-state index is 13.5. The van der Waals surface area contributed by atoms with Crippen LogP contribution in [0.5, 0.6) is 5.75 Å². The molecule has 4 aromatic carbocycles. The Bertz CT molecular complexity index is 1520. The minimum atomic E-state index is -0.472. The van der Waals surface area contributed by atoms with Gasteiger partial charge >= 0.3 is 12.1 Å². The number of nitrogens with one attached hydrogen (secondary N) is 1. The Hall–Kier alpha value is -4.91. The first-order valence-corrected chi connectivity index (χ1v) is 12.1. The highest BCUT2D eigenvalue weighted by Gasteiger charge is 2.14. The van der Waals surface area contributed by atoms with Crippen molar-refractivity contribution in [2.24, 2.45) is 0 Å². The number of hydrogen-bond donors (Lipinski definition) is 1. The molecule has 7 nitrogen and oxygen atoms in total. The van der Waals surface area contributed by atoms with Crippen LogP contribution in [-0.2, 0) is 9.53 Å². The summed E-state index contributed by atoms with van der Waals surface area (Å²) < 4.78 is 10.3. The molecular formula is C31H28N2O5. The Kier molecular flexibility index (Phi) is 8.18. The first kappa shape index (κ1) is 26.2. The van der Waals surface area contributed by atoms with Crippen LogP contribution in [-0.4, -0.2) is 43.6 Å². The summed E-state index contributed by atoms with van der Waals surface area (Å²) in [4.78, 5) is 38.5. The van der Waals surface area contributed by atoms with Crippen molar-refractivity contribution in [2.75, 3.05) is 26.0 Å². The van der Waals surface area contributed by atoms with E-state index in [1.165, 1.54) is 11.0 Å². The second kappa shape index (κ2) is 11.9. The van der Waals surface area contributed by atoms with E-state index >= 15 is 0 Å². The van der Waals surface area contributed by atoms with E-state index in [9.17, 15) is 14.4 Å². The molecule has 0 radical (unpaired) electrons. The molecule has 192 valence electrons. The maximum Gasteiger partial charge on any atom is 0.414 e. The summed E-state index contributed by atoms with van der Waals surface area (Å²) >= 11 is 0. The third-order valence-corrected chi connectivity index (χ3v) is 5.69. The number of anilines is 1. The van der Waals surface area contributed by atoms with E-state index in [1.807, 2.05) is 48.5 Å². The van der Waals surface area contributed by atoms with Gasteiger partial charge in [0.05, 0.1) is 6.61 Å². The average Bonchev–Trinajstić information content (AvgIpc) is 2.91. The number of hydrogen-bond acceptors (Lipinski definition) is 5. The van der Waals surface area contributed by atoms with E-state index in [0.717, 1.165) is 27.5 Å². The van der Waals surface area contributed by atoms with Gasteiger partial charge in [-0.15, -0.1) is 0 Å². The van der Waals surface area contributed by atoms with Gasteiger partial charge in [-0.2, -0.15) is 0 Å². The van der Waals surface area contributed by atoms with Gasteiger partial charge in [-0.05, 0) is 76.9 Å². The van der Waals surface area contributed by atoms with Crippen LogP contribution in [0.25, 0.3) is 28.0 Å². The normalized spacial score (nSPS) is 10.8. The summed E-state index contributed by atoms with van der Waals surface area (Å²) in [5, 5.41) is 4.68. The Balaban J connectivity index is 1.65. The van der Waals surface area contributed by atoms with Gasteiger partial charge < -0.3 is 19.7 Å². The average molecular weight is 509 g/mol. The van der Waals surface area contributed by atoms with Crippen LogP contribution < -0.4 is 10.1 Å². The van der Waals surface area contributed by atoms with Crippen molar-refractivity contribution in [2.45, 2.75) is 6.92 Å². The molecule has 0 heterocycles. The molecule has 0 spiro atoms. The molecule has 7 heteroatoms. The van der Waals surface area contributed by atoms with E-state index in [0.29, 0.717) is 23.6 Å². The lowest BCUT2D eigenvalue weighted by atomic mass is 9.96. The number of ether oxygens (including phenoxy) is 2. The molecule has 0 fully saturated rings. The van der Waals surface area contributed by atoms with Crippen molar-refractivity contribution in [3.05, 3.63) is 102 Å². The van der Waals surface area contributed by atoms with E-state index in [-0.39, 0.29) is 5.91 Å². The second-order valence-electron chi connectivity index (χ2n) is 8.70. The number of carbonyl (C=O) groups is 3. The first-order chi connectivity index (χ1) is 18.3. The number of amides is 2. The maximum absolute atomic E-state index is 13.5. The number of nitrogens with zero attached hydrogens (tertiary/aromatic N) is 1. The molecule has 0 aromatic heterocycles. The zero-order valence-corrected chi connectivity index (χ0v) is 21.4. The molecule has 0 aliphatic heterocycles. The van der Waals surface area contributed by atoms with Crippen molar-refractivity contribution < 1.29 is 23.9 Å². The topological polar surface area (TPSA) is 84.9 Å². The van der Waals surface area contributed by atoms with Crippen molar-refractivity contribution in [1.29, 1.82) is 0 Å². The molecule has 38 heavy (non-hydrogen) atoms. The van der Waals surface area contributed by atoms with Crippen LogP contribution in [0.3, 0.4) is 0 Å². The number of fused-ring (bicyclic) bond motifs is 1. The summed E-state index contributed by atoms with van der Waals surface area (Å²) in [6, 6.07) is 25.9. The molecule has 0 aliphatic carbocycles. The number of esters is 1. The third-order valence-electron chi connectivity index (χ3n) is 5.69. The fourth-order valence-electron chi connectivity index (χ4n) is 3.87. The Morgan fingerprint density at radius 3 is 2.45 bits per heavy atom. The second-order valence-corrected chi connectivity index (χ2v) is 8.70. The third kappa shape index (κ3) is 6.44. The van der Waals surface area contributed by atoms with Crippen LogP contribution in [0.4, 0.5) is 10.5 Å². The van der Waals surface area contributed by atoms with E-state index in [1.54, 1.807) is 63.5 Å². The minimum absolute atomic E-state index is 0.273. The molecule has 0 saturated carbocycles. The van der Waals surface area contributed by atoms with Crippen molar-refractivity contribution in [3.63, 3.8) is 0 Å². The van der Waals surface area contributed by atoms with E-state index in [2.05, 4.69) is 5.32 Å². The first-order valence-electron chi connectivity index (χ1n) is 12.1. The molecule has 2 amide bonds. The van der Waals surface area contributed by atoms with Gasteiger partial charge in [-0.3, -0.25) is 4.79 Å². The van der Waals surface area contributed by atoms with Crippen molar-refractivity contribution in [1.82, 2.24) is 4.90 Å². The SMILES string of the molecule is CCOC(=O)C=Cc1cccc(NC(=O)c2cc(-c3cccc(OC(=O)N(C)C)c3)cc3ccccc23)c1. The molecule has 0 saturated heterocycles. The molecular weight excluding hydrogens is 480 g/mol. The molecule has 0 atom stereocenters. The van der Waals surface area contributed by atoms with E-state index < -0.39 is 12.1 Å². The van der Waals surface area contributed by atoms with Crippen molar-refractivity contribution >= 4 is 40.5 Å².